The van der Waals surface area contributed by atoms with Crippen LogP contribution in [0.3, 0.4) is 0 Å². The molecule has 0 amide bonds. The number of fused-ring (bicyclic) bond motifs is 1. The summed E-state index contributed by atoms with van der Waals surface area (Å²) in [5, 5.41) is 4.38. The zero-order valence-corrected chi connectivity index (χ0v) is 12.6. The van der Waals surface area contributed by atoms with Crippen molar-refractivity contribution in [3.05, 3.63) is 28.8 Å². The molecule has 104 valence electrons. The summed E-state index contributed by atoms with van der Waals surface area (Å²) in [7, 11) is 0. The van der Waals surface area contributed by atoms with Gasteiger partial charge in [-0.05, 0) is 60.6 Å². The molecule has 2 aliphatic heterocycles. The number of nitrogens with one attached hydrogen (secondary N) is 1. The van der Waals surface area contributed by atoms with Crippen molar-refractivity contribution < 1.29 is 4.74 Å². The van der Waals surface area contributed by atoms with Crippen LogP contribution in [0.25, 0.3) is 0 Å². The lowest BCUT2D eigenvalue weighted by molar-refractivity contribution is 0.224. The highest BCUT2D eigenvalue weighted by atomic mass is 35.5. The fraction of sp³-hybridized carbons (Fsp3) is 0.600. The van der Waals surface area contributed by atoms with E-state index in [9.17, 15) is 0 Å². The molecule has 0 radical (unpaired) electrons. The molecule has 0 spiro atoms. The smallest absolute Gasteiger partial charge is 0.123 e. The summed E-state index contributed by atoms with van der Waals surface area (Å²) < 4.78 is 5.93. The number of ether oxygens (including phenoxy) is 1. The standard InChI is InChI=1S/C15H20ClNOS/c16-13-1-2-15-12(7-13)8-14(18-15)10-17-9-11-3-5-19-6-4-11/h1-2,7,11,14,17H,3-6,8-10H2. The minimum absolute atomic E-state index is 0.270. The molecule has 1 aromatic carbocycles. The van der Waals surface area contributed by atoms with Crippen molar-refractivity contribution in [2.75, 3.05) is 24.6 Å². The zero-order chi connectivity index (χ0) is 13.1. The van der Waals surface area contributed by atoms with E-state index in [1.165, 1.54) is 29.9 Å². The molecular formula is C15H20ClNOS. The molecule has 2 heterocycles. The number of hydrogen-bond acceptors (Lipinski definition) is 3. The second-order valence-corrected chi connectivity index (χ2v) is 7.07. The molecule has 1 N–H and O–H groups in total. The van der Waals surface area contributed by atoms with Gasteiger partial charge in [-0.15, -0.1) is 0 Å². The van der Waals surface area contributed by atoms with Crippen molar-refractivity contribution in [2.45, 2.75) is 25.4 Å². The molecule has 0 aromatic heterocycles. The first-order valence-electron chi connectivity index (χ1n) is 7.05. The molecule has 0 saturated carbocycles. The van der Waals surface area contributed by atoms with E-state index in [-0.39, 0.29) is 6.10 Å². The van der Waals surface area contributed by atoms with Crippen LogP contribution in [-0.2, 0) is 6.42 Å². The van der Waals surface area contributed by atoms with Crippen molar-refractivity contribution in [1.82, 2.24) is 5.32 Å². The number of benzene rings is 1. The first-order chi connectivity index (χ1) is 9.31. The Labute approximate surface area is 124 Å². The predicted octanol–water partition coefficient (Wildman–Crippen LogP) is 3.38. The van der Waals surface area contributed by atoms with Crippen molar-refractivity contribution in [3.63, 3.8) is 0 Å². The summed E-state index contributed by atoms with van der Waals surface area (Å²) in [6.07, 6.45) is 3.97. The molecule has 1 fully saturated rings. The fourth-order valence-corrected chi connectivity index (χ4v) is 4.20. The zero-order valence-electron chi connectivity index (χ0n) is 11.0. The van der Waals surface area contributed by atoms with Gasteiger partial charge in [0.15, 0.2) is 0 Å². The van der Waals surface area contributed by atoms with E-state index >= 15 is 0 Å². The Hall–Kier alpha value is -0.380. The van der Waals surface area contributed by atoms with E-state index in [4.69, 9.17) is 16.3 Å². The number of rotatable bonds is 4. The maximum absolute atomic E-state index is 6.00. The minimum atomic E-state index is 0.270. The van der Waals surface area contributed by atoms with Gasteiger partial charge in [-0.3, -0.25) is 0 Å². The van der Waals surface area contributed by atoms with Crippen molar-refractivity contribution in [1.29, 1.82) is 0 Å². The molecule has 2 aliphatic rings. The Morgan fingerprint density at radius 3 is 2.95 bits per heavy atom. The largest absolute Gasteiger partial charge is 0.488 e. The first kappa shape index (κ1) is 13.6. The number of hydrogen-bond donors (Lipinski definition) is 1. The van der Waals surface area contributed by atoms with Gasteiger partial charge in [0.25, 0.3) is 0 Å². The van der Waals surface area contributed by atoms with Crippen LogP contribution >= 0.6 is 23.4 Å². The first-order valence-corrected chi connectivity index (χ1v) is 8.58. The minimum Gasteiger partial charge on any atom is -0.488 e. The summed E-state index contributed by atoms with van der Waals surface area (Å²) in [4.78, 5) is 0. The molecule has 4 heteroatoms. The SMILES string of the molecule is Clc1ccc2c(c1)CC(CNCC1CCSCC1)O2. The Bertz CT molecular complexity index is 434. The van der Waals surface area contributed by atoms with Gasteiger partial charge in [-0.2, -0.15) is 11.8 Å². The van der Waals surface area contributed by atoms with Crippen molar-refractivity contribution in [2.24, 2.45) is 5.92 Å². The average molecular weight is 298 g/mol. The normalized spacial score (nSPS) is 23.1. The van der Waals surface area contributed by atoms with Crippen LogP contribution in [0.5, 0.6) is 5.75 Å². The Balaban J connectivity index is 1.43. The second-order valence-electron chi connectivity index (χ2n) is 5.41. The third kappa shape index (κ3) is 3.59. The lowest BCUT2D eigenvalue weighted by Crippen LogP contribution is -2.34. The molecule has 1 saturated heterocycles. The Kier molecular flexibility index (Phi) is 4.57. The summed E-state index contributed by atoms with van der Waals surface area (Å²) >= 11 is 8.09. The summed E-state index contributed by atoms with van der Waals surface area (Å²) in [6, 6.07) is 5.90. The third-order valence-electron chi connectivity index (χ3n) is 3.91. The average Bonchev–Trinajstić information content (AvgIpc) is 2.82. The van der Waals surface area contributed by atoms with E-state index in [1.54, 1.807) is 0 Å². The predicted molar refractivity (Wildman–Crippen MR) is 82.5 cm³/mol. The fourth-order valence-electron chi connectivity index (χ4n) is 2.80. The van der Waals surface area contributed by atoms with Gasteiger partial charge in [0.05, 0.1) is 0 Å². The summed E-state index contributed by atoms with van der Waals surface area (Å²) in [6.45, 7) is 2.08. The summed E-state index contributed by atoms with van der Waals surface area (Å²) in [5.41, 5.74) is 1.24. The highest BCUT2D eigenvalue weighted by Gasteiger charge is 2.23. The van der Waals surface area contributed by atoms with Gasteiger partial charge < -0.3 is 10.1 Å². The van der Waals surface area contributed by atoms with Crippen LogP contribution in [0.4, 0.5) is 0 Å². The van der Waals surface area contributed by atoms with Gasteiger partial charge in [0, 0.05) is 18.0 Å². The second kappa shape index (κ2) is 6.38. The molecule has 0 aliphatic carbocycles. The monoisotopic (exact) mass is 297 g/mol. The molecule has 1 aromatic rings. The third-order valence-corrected chi connectivity index (χ3v) is 5.19. The van der Waals surface area contributed by atoms with Gasteiger partial charge in [0.1, 0.15) is 11.9 Å². The van der Waals surface area contributed by atoms with Crippen molar-refractivity contribution >= 4 is 23.4 Å². The maximum atomic E-state index is 6.00. The Morgan fingerprint density at radius 2 is 2.11 bits per heavy atom. The summed E-state index contributed by atoms with van der Waals surface area (Å²) in [5.74, 6) is 4.52. The lowest BCUT2D eigenvalue weighted by Gasteiger charge is -2.22. The van der Waals surface area contributed by atoms with Crippen LogP contribution in [0.1, 0.15) is 18.4 Å². The van der Waals surface area contributed by atoms with E-state index in [0.717, 1.165) is 36.2 Å². The van der Waals surface area contributed by atoms with Crippen LogP contribution in [0.15, 0.2) is 18.2 Å². The number of halogens is 1. The van der Waals surface area contributed by atoms with Gasteiger partial charge in [-0.25, -0.2) is 0 Å². The molecule has 1 unspecified atom stereocenters. The van der Waals surface area contributed by atoms with Crippen LogP contribution in [0, 0.1) is 5.92 Å². The van der Waals surface area contributed by atoms with E-state index in [0.29, 0.717) is 0 Å². The van der Waals surface area contributed by atoms with Gasteiger partial charge in [0.2, 0.25) is 0 Å². The molecule has 3 rings (SSSR count). The van der Waals surface area contributed by atoms with Crippen LogP contribution in [-0.4, -0.2) is 30.7 Å². The molecule has 1 atom stereocenters. The Morgan fingerprint density at radius 1 is 1.26 bits per heavy atom. The lowest BCUT2D eigenvalue weighted by atomic mass is 10.0. The van der Waals surface area contributed by atoms with Crippen LogP contribution < -0.4 is 10.1 Å². The highest BCUT2D eigenvalue weighted by molar-refractivity contribution is 7.99. The molecule has 2 nitrogen and oxygen atoms in total. The van der Waals surface area contributed by atoms with E-state index in [2.05, 4.69) is 17.1 Å². The molecule has 0 bridgehead atoms. The molecule has 19 heavy (non-hydrogen) atoms. The molecular weight excluding hydrogens is 278 g/mol. The van der Waals surface area contributed by atoms with E-state index < -0.39 is 0 Å². The maximum Gasteiger partial charge on any atom is 0.123 e. The van der Waals surface area contributed by atoms with E-state index in [1.807, 2.05) is 18.2 Å². The van der Waals surface area contributed by atoms with Gasteiger partial charge in [-0.1, -0.05) is 11.6 Å². The number of thioether (sulfide) groups is 1. The van der Waals surface area contributed by atoms with Crippen molar-refractivity contribution in [3.8, 4) is 5.75 Å². The van der Waals surface area contributed by atoms with Gasteiger partial charge >= 0.3 is 0 Å². The van der Waals surface area contributed by atoms with Crippen LogP contribution in [0.2, 0.25) is 5.02 Å². The highest BCUT2D eigenvalue weighted by Crippen LogP contribution is 2.30. The topological polar surface area (TPSA) is 21.3 Å². The quantitative estimate of drug-likeness (QED) is 0.920.